The SMILES string of the molecule is Cc1ccccc1C(=O)NCCOc1ccccc1F. The van der Waals surface area contributed by atoms with Gasteiger partial charge in [0.1, 0.15) is 6.61 Å². The van der Waals surface area contributed by atoms with Crippen molar-refractivity contribution in [3.63, 3.8) is 0 Å². The number of ether oxygens (including phenoxy) is 1. The van der Waals surface area contributed by atoms with Gasteiger partial charge in [-0.15, -0.1) is 0 Å². The third kappa shape index (κ3) is 3.57. The summed E-state index contributed by atoms with van der Waals surface area (Å²) >= 11 is 0. The molecule has 2 aromatic rings. The predicted octanol–water partition coefficient (Wildman–Crippen LogP) is 2.94. The Labute approximate surface area is 117 Å². The number of hydrogen-bond donors (Lipinski definition) is 1. The Balaban J connectivity index is 1.81. The smallest absolute Gasteiger partial charge is 0.251 e. The molecule has 104 valence electrons. The molecule has 0 aliphatic rings. The summed E-state index contributed by atoms with van der Waals surface area (Å²) in [6.45, 7) is 2.42. The number of aryl methyl sites for hydroxylation is 1. The Bertz CT molecular complexity index is 599. The Hall–Kier alpha value is -2.36. The summed E-state index contributed by atoms with van der Waals surface area (Å²) < 4.78 is 18.5. The Morgan fingerprint density at radius 3 is 2.60 bits per heavy atom. The van der Waals surface area contributed by atoms with Gasteiger partial charge in [-0.2, -0.15) is 0 Å². The zero-order valence-electron chi connectivity index (χ0n) is 11.2. The zero-order valence-corrected chi connectivity index (χ0v) is 11.2. The fourth-order valence-electron chi connectivity index (χ4n) is 1.81. The van der Waals surface area contributed by atoms with Crippen LogP contribution < -0.4 is 10.1 Å². The van der Waals surface area contributed by atoms with E-state index in [-0.39, 0.29) is 18.3 Å². The lowest BCUT2D eigenvalue weighted by molar-refractivity contribution is 0.0946. The van der Waals surface area contributed by atoms with Gasteiger partial charge in [0.2, 0.25) is 0 Å². The van der Waals surface area contributed by atoms with Gasteiger partial charge in [-0.1, -0.05) is 30.3 Å². The minimum atomic E-state index is -0.405. The number of hydrogen-bond acceptors (Lipinski definition) is 2. The fraction of sp³-hybridized carbons (Fsp3) is 0.188. The van der Waals surface area contributed by atoms with Crippen molar-refractivity contribution in [3.8, 4) is 5.75 Å². The molecule has 0 saturated carbocycles. The summed E-state index contributed by atoms with van der Waals surface area (Å²) in [5.74, 6) is -0.365. The molecular formula is C16H16FNO2. The van der Waals surface area contributed by atoms with Crippen molar-refractivity contribution in [3.05, 3.63) is 65.5 Å². The number of halogens is 1. The summed E-state index contributed by atoms with van der Waals surface area (Å²) in [5.41, 5.74) is 1.55. The van der Waals surface area contributed by atoms with E-state index in [1.165, 1.54) is 6.07 Å². The van der Waals surface area contributed by atoms with Gasteiger partial charge in [0.15, 0.2) is 11.6 Å². The van der Waals surface area contributed by atoms with Gasteiger partial charge < -0.3 is 10.1 Å². The third-order valence-corrected chi connectivity index (χ3v) is 2.87. The number of amides is 1. The normalized spacial score (nSPS) is 10.1. The second-order valence-corrected chi connectivity index (χ2v) is 4.35. The van der Waals surface area contributed by atoms with Gasteiger partial charge in [0.25, 0.3) is 5.91 Å². The molecule has 1 N–H and O–H groups in total. The number of carbonyl (C=O) groups excluding carboxylic acids is 1. The van der Waals surface area contributed by atoms with Gasteiger partial charge in [0.05, 0.1) is 6.54 Å². The first-order valence-electron chi connectivity index (χ1n) is 6.39. The molecule has 0 aliphatic carbocycles. The Morgan fingerprint density at radius 2 is 1.85 bits per heavy atom. The highest BCUT2D eigenvalue weighted by Gasteiger charge is 2.07. The molecule has 0 heterocycles. The first-order valence-corrected chi connectivity index (χ1v) is 6.39. The van der Waals surface area contributed by atoms with Crippen molar-refractivity contribution in [2.24, 2.45) is 0 Å². The fourth-order valence-corrected chi connectivity index (χ4v) is 1.81. The van der Waals surface area contributed by atoms with Crippen molar-refractivity contribution < 1.29 is 13.9 Å². The minimum Gasteiger partial charge on any atom is -0.489 e. The maximum atomic E-state index is 13.3. The summed E-state index contributed by atoms with van der Waals surface area (Å²) in [7, 11) is 0. The van der Waals surface area contributed by atoms with Crippen LogP contribution in [0.1, 0.15) is 15.9 Å². The maximum absolute atomic E-state index is 13.3. The summed E-state index contributed by atoms with van der Waals surface area (Å²) in [6.07, 6.45) is 0. The van der Waals surface area contributed by atoms with E-state index >= 15 is 0 Å². The van der Waals surface area contributed by atoms with E-state index in [1.807, 2.05) is 25.1 Å². The number of para-hydroxylation sites is 1. The van der Waals surface area contributed by atoms with Crippen LogP contribution in [0.2, 0.25) is 0 Å². The quantitative estimate of drug-likeness (QED) is 0.851. The number of carbonyl (C=O) groups is 1. The van der Waals surface area contributed by atoms with E-state index in [0.717, 1.165) is 5.56 Å². The minimum absolute atomic E-state index is 0.153. The molecule has 0 saturated heterocycles. The highest BCUT2D eigenvalue weighted by atomic mass is 19.1. The second-order valence-electron chi connectivity index (χ2n) is 4.35. The van der Waals surface area contributed by atoms with Crippen LogP contribution in [0.3, 0.4) is 0 Å². The van der Waals surface area contributed by atoms with E-state index in [9.17, 15) is 9.18 Å². The van der Waals surface area contributed by atoms with Crippen LogP contribution in [-0.2, 0) is 0 Å². The zero-order chi connectivity index (χ0) is 14.4. The van der Waals surface area contributed by atoms with Crippen LogP contribution in [-0.4, -0.2) is 19.1 Å². The Kier molecular flexibility index (Phi) is 4.71. The lowest BCUT2D eigenvalue weighted by atomic mass is 10.1. The van der Waals surface area contributed by atoms with Crippen molar-refractivity contribution >= 4 is 5.91 Å². The van der Waals surface area contributed by atoms with E-state index < -0.39 is 5.82 Å². The average molecular weight is 273 g/mol. The summed E-state index contributed by atoms with van der Waals surface area (Å²) in [5, 5.41) is 2.74. The predicted molar refractivity (Wildman–Crippen MR) is 75.4 cm³/mol. The van der Waals surface area contributed by atoms with Crippen LogP contribution in [0, 0.1) is 12.7 Å². The van der Waals surface area contributed by atoms with Crippen molar-refractivity contribution in [1.29, 1.82) is 0 Å². The molecule has 0 aliphatic heterocycles. The van der Waals surface area contributed by atoms with Crippen molar-refractivity contribution in [2.45, 2.75) is 6.92 Å². The molecular weight excluding hydrogens is 257 g/mol. The van der Waals surface area contributed by atoms with E-state index in [4.69, 9.17) is 4.74 Å². The van der Waals surface area contributed by atoms with Crippen LogP contribution in [0.4, 0.5) is 4.39 Å². The lowest BCUT2D eigenvalue weighted by Crippen LogP contribution is -2.28. The number of nitrogens with one attached hydrogen (secondary N) is 1. The maximum Gasteiger partial charge on any atom is 0.251 e. The monoisotopic (exact) mass is 273 g/mol. The first kappa shape index (κ1) is 14.1. The van der Waals surface area contributed by atoms with Crippen LogP contribution in [0.25, 0.3) is 0 Å². The second kappa shape index (κ2) is 6.70. The topological polar surface area (TPSA) is 38.3 Å². The van der Waals surface area contributed by atoms with Crippen LogP contribution in [0.15, 0.2) is 48.5 Å². The summed E-state index contributed by atoms with van der Waals surface area (Å²) in [4.78, 5) is 11.9. The molecule has 0 unspecified atom stereocenters. The van der Waals surface area contributed by atoms with Crippen molar-refractivity contribution in [2.75, 3.05) is 13.2 Å². The standard InChI is InChI=1S/C16H16FNO2/c1-12-6-2-3-7-13(12)16(19)18-10-11-20-15-9-5-4-8-14(15)17/h2-9H,10-11H2,1H3,(H,18,19). The van der Waals surface area contributed by atoms with E-state index in [2.05, 4.69) is 5.32 Å². The van der Waals surface area contributed by atoms with Crippen molar-refractivity contribution in [1.82, 2.24) is 5.32 Å². The molecule has 4 heteroatoms. The van der Waals surface area contributed by atoms with Crippen LogP contribution >= 0.6 is 0 Å². The molecule has 1 amide bonds. The third-order valence-electron chi connectivity index (χ3n) is 2.87. The average Bonchev–Trinajstić information content (AvgIpc) is 2.45. The van der Waals surface area contributed by atoms with Gasteiger partial charge >= 0.3 is 0 Å². The molecule has 2 rings (SSSR count). The number of benzene rings is 2. The number of rotatable bonds is 5. The molecule has 0 spiro atoms. The van der Waals surface area contributed by atoms with Gasteiger partial charge in [-0.25, -0.2) is 4.39 Å². The lowest BCUT2D eigenvalue weighted by Gasteiger charge is -2.09. The molecule has 3 nitrogen and oxygen atoms in total. The van der Waals surface area contributed by atoms with E-state index in [1.54, 1.807) is 24.3 Å². The highest BCUT2D eigenvalue weighted by molar-refractivity contribution is 5.95. The highest BCUT2D eigenvalue weighted by Crippen LogP contribution is 2.14. The molecule has 0 aromatic heterocycles. The first-order chi connectivity index (χ1) is 9.68. The molecule has 0 fully saturated rings. The molecule has 20 heavy (non-hydrogen) atoms. The summed E-state index contributed by atoms with van der Waals surface area (Å²) in [6, 6.07) is 13.5. The molecule has 0 radical (unpaired) electrons. The largest absolute Gasteiger partial charge is 0.489 e. The molecule has 0 atom stereocenters. The molecule has 2 aromatic carbocycles. The van der Waals surface area contributed by atoms with Gasteiger partial charge in [-0.3, -0.25) is 4.79 Å². The van der Waals surface area contributed by atoms with Crippen LogP contribution in [0.5, 0.6) is 5.75 Å². The Morgan fingerprint density at radius 1 is 1.15 bits per heavy atom. The van der Waals surface area contributed by atoms with E-state index in [0.29, 0.717) is 12.1 Å². The molecule has 0 bridgehead atoms. The van der Waals surface area contributed by atoms with Gasteiger partial charge in [-0.05, 0) is 30.7 Å². The van der Waals surface area contributed by atoms with Gasteiger partial charge in [0, 0.05) is 5.56 Å².